The van der Waals surface area contributed by atoms with Gasteiger partial charge in [0.05, 0.1) is 12.2 Å². The fraction of sp³-hybridized carbons (Fsp3) is 0.273. The molecule has 1 aromatic carbocycles. The van der Waals surface area contributed by atoms with Crippen LogP contribution in [0.2, 0.25) is 0 Å². The van der Waals surface area contributed by atoms with Crippen LogP contribution in [0.5, 0.6) is 0 Å². The van der Waals surface area contributed by atoms with Crippen molar-refractivity contribution in [3.8, 4) is 0 Å². The van der Waals surface area contributed by atoms with Crippen LogP contribution in [-0.2, 0) is 14.3 Å². The van der Waals surface area contributed by atoms with Gasteiger partial charge in [0.15, 0.2) is 11.9 Å². The number of epoxide rings is 1. The molecule has 0 amide bonds. The van der Waals surface area contributed by atoms with Gasteiger partial charge >= 0.3 is 5.97 Å². The predicted molar refractivity (Wildman–Crippen MR) is 51.5 cm³/mol. The van der Waals surface area contributed by atoms with Gasteiger partial charge in [0.1, 0.15) is 6.61 Å². The van der Waals surface area contributed by atoms with Crippen molar-refractivity contribution in [3.05, 3.63) is 35.9 Å². The molecule has 0 aliphatic carbocycles. The highest BCUT2D eigenvalue weighted by Crippen LogP contribution is 2.24. The van der Waals surface area contributed by atoms with E-state index >= 15 is 0 Å². The zero-order valence-corrected chi connectivity index (χ0v) is 8.01. The molecule has 4 nitrogen and oxygen atoms in total. The minimum atomic E-state index is -0.871. The van der Waals surface area contributed by atoms with E-state index in [0.29, 0.717) is 18.5 Å². The summed E-state index contributed by atoms with van der Waals surface area (Å²) >= 11 is 0. The lowest BCUT2D eigenvalue weighted by molar-refractivity contribution is -0.113. The highest BCUT2D eigenvalue weighted by molar-refractivity contribution is 5.89. The molecule has 0 unspecified atom stereocenters. The number of hydrogen-bond donors (Lipinski definition) is 0. The normalized spacial score (nSPS) is 23.2. The molecule has 78 valence electrons. The van der Waals surface area contributed by atoms with Crippen LogP contribution in [0.3, 0.4) is 0 Å². The van der Waals surface area contributed by atoms with Crippen LogP contribution in [0.25, 0.3) is 0 Å². The van der Waals surface area contributed by atoms with Crippen LogP contribution >= 0.6 is 0 Å². The van der Waals surface area contributed by atoms with E-state index in [-0.39, 0.29) is 6.61 Å². The van der Waals surface area contributed by atoms with Gasteiger partial charge in [-0.3, -0.25) is 4.79 Å². The summed E-state index contributed by atoms with van der Waals surface area (Å²) < 4.78 is 9.84. The Kier molecular flexibility index (Phi) is 2.51. The Hall–Kier alpha value is -1.68. The first-order valence-electron chi connectivity index (χ1n) is 4.58. The van der Waals surface area contributed by atoms with Gasteiger partial charge in [-0.05, 0) is 12.1 Å². The van der Waals surface area contributed by atoms with Crippen LogP contribution in [-0.4, -0.2) is 31.1 Å². The van der Waals surface area contributed by atoms with E-state index in [1.807, 2.05) is 6.07 Å². The van der Waals surface area contributed by atoms with Gasteiger partial charge in [0.25, 0.3) is 0 Å². The fourth-order valence-electron chi connectivity index (χ4n) is 1.12. The van der Waals surface area contributed by atoms with E-state index in [2.05, 4.69) is 0 Å². The Labute approximate surface area is 86.8 Å². The summed E-state index contributed by atoms with van der Waals surface area (Å²) in [6.07, 6.45) is 0.672. The average molecular weight is 206 g/mol. The predicted octanol–water partition coefficient (Wildman–Crippen LogP) is 0.811. The molecule has 0 radical (unpaired) electrons. The second-order valence-electron chi connectivity index (χ2n) is 3.41. The number of hydrogen-bond acceptors (Lipinski definition) is 4. The molecule has 0 N–H and O–H groups in total. The maximum Gasteiger partial charge on any atom is 0.338 e. The molecule has 0 saturated carbocycles. The second kappa shape index (κ2) is 3.82. The number of rotatable bonds is 4. The zero-order chi connectivity index (χ0) is 10.7. The number of carbonyl (C=O) groups excluding carboxylic acids is 2. The Bertz CT molecular complexity index is 367. The highest BCUT2D eigenvalue weighted by Gasteiger charge is 2.46. The van der Waals surface area contributed by atoms with Crippen molar-refractivity contribution in [2.24, 2.45) is 0 Å². The molecule has 4 heteroatoms. The maximum atomic E-state index is 11.4. The highest BCUT2D eigenvalue weighted by atomic mass is 16.6. The Morgan fingerprint density at radius 3 is 2.67 bits per heavy atom. The molecular weight excluding hydrogens is 196 g/mol. The summed E-state index contributed by atoms with van der Waals surface area (Å²) in [5.41, 5.74) is -0.399. The van der Waals surface area contributed by atoms with Crippen LogP contribution < -0.4 is 0 Å². The first kappa shape index (κ1) is 9.86. The maximum absolute atomic E-state index is 11.4. The minimum Gasteiger partial charge on any atom is -0.458 e. The molecule has 1 aliphatic rings. The van der Waals surface area contributed by atoms with Gasteiger partial charge in [-0.2, -0.15) is 0 Å². The summed E-state index contributed by atoms with van der Waals surface area (Å²) in [6.45, 7) is 0.322. The van der Waals surface area contributed by atoms with E-state index in [1.54, 1.807) is 24.3 Å². The quantitative estimate of drug-likeness (QED) is 0.415. The monoisotopic (exact) mass is 206 g/mol. The third kappa shape index (κ3) is 2.22. The van der Waals surface area contributed by atoms with E-state index in [0.717, 1.165) is 0 Å². The van der Waals surface area contributed by atoms with Crippen molar-refractivity contribution in [3.63, 3.8) is 0 Å². The SMILES string of the molecule is O=C[C@@]1(COC(=O)c2ccccc2)CO1. The molecule has 1 atom stereocenters. The molecule has 0 aromatic heterocycles. The lowest BCUT2D eigenvalue weighted by Gasteiger charge is -2.05. The minimum absolute atomic E-state index is 0.00969. The number of carbonyl (C=O) groups is 2. The first-order valence-corrected chi connectivity index (χ1v) is 4.58. The van der Waals surface area contributed by atoms with E-state index in [4.69, 9.17) is 9.47 Å². The second-order valence-corrected chi connectivity index (χ2v) is 3.41. The Balaban J connectivity index is 1.91. The molecule has 0 bridgehead atoms. The van der Waals surface area contributed by atoms with Crippen LogP contribution in [0.1, 0.15) is 10.4 Å². The smallest absolute Gasteiger partial charge is 0.338 e. The number of esters is 1. The first-order chi connectivity index (χ1) is 7.26. The molecule has 1 saturated heterocycles. The third-order valence-electron chi connectivity index (χ3n) is 2.19. The topological polar surface area (TPSA) is 55.9 Å². The van der Waals surface area contributed by atoms with E-state index in [1.165, 1.54) is 0 Å². The number of aldehydes is 1. The number of benzene rings is 1. The lowest BCUT2D eigenvalue weighted by Crippen LogP contribution is -2.23. The van der Waals surface area contributed by atoms with E-state index in [9.17, 15) is 9.59 Å². The zero-order valence-electron chi connectivity index (χ0n) is 8.01. The van der Waals surface area contributed by atoms with Crippen molar-refractivity contribution >= 4 is 12.3 Å². The molecular formula is C11H10O4. The van der Waals surface area contributed by atoms with Crippen molar-refractivity contribution < 1.29 is 19.1 Å². The van der Waals surface area contributed by atoms with Gasteiger partial charge in [-0.15, -0.1) is 0 Å². The van der Waals surface area contributed by atoms with Crippen molar-refractivity contribution in [2.45, 2.75) is 5.60 Å². The molecule has 1 aliphatic heterocycles. The lowest BCUT2D eigenvalue weighted by atomic mass is 10.2. The number of ether oxygens (including phenoxy) is 2. The van der Waals surface area contributed by atoms with Crippen molar-refractivity contribution in [1.82, 2.24) is 0 Å². The van der Waals surface area contributed by atoms with Crippen LogP contribution in [0, 0.1) is 0 Å². The van der Waals surface area contributed by atoms with Crippen molar-refractivity contribution in [1.29, 1.82) is 0 Å². The van der Waals surface area contributed by atoms with Gasteiger partial charge in [0.2, 0.25) is 0 Å². The summed E-state index contributed by atoms with van der Waals surface area (Å²) in [7, 11) is 0. The largest absolute Gasteiger partial charge is 0.458 e. The summed E-state index contributed by atoms with van der Waals surface area (Å²) in [4.78, 5) is 22.0. The summed E-state index contributed by atoms with van der Waals surface area (Å²) in [5.74, 6) is -0.438. The molecule has 1 fully saturated rings. The summed E-state index contributed by atoms with van der Waals surface area (Å²) in [6, 6.07) is 8.63. The molecule has 1 aromatic rings. The summed E-state index contributed by atoms with van der Waals surface area (Å²) in [5, 5.41) is 0. The van der Waals surface area contributed by atoms with Crippen LogP contribution in [0.4, 0.5) is 0 Å². The third-order valence-corrected chi connectivity index (χ3v) is 2.19. The molecule has 1 heterocycles. The van der Waals surface area contributed by atoms with Gasteiger partial charge in [0, 0.05) is 0 Å². The van der Waals surface area contributed by atoms with E-state index < -0.39 is 11.6 Å². The van der Waals surface area contributed by atoms with Gasteiger partial charge in [-0.1, -0.05) is 18.2 Å². The van der Waals surface area contributed by atoms with Crippen LogP contribution in [0.15, 0.2) is 30.3 Å². The Morgan fingerprint density at radius 1 is 1.47 bits per heavy atom. The Morgan fingerprint density at radius 2 is 2.13 bits per heavy atom. The molecule has 2 rings (SSSR count). The standard InChI is InChI=1S/C11H10O4/c12-6-11(8-15-11)7-14-10(13)9-4-2-1-3-5-9/h1-6H,7-8H2/t11-/m1/s1. The van der Waals surface area contributed by atoms with Crippen molar-refractivity contribution in [2.75, 3.05) is 13.2 Å². The molecule has 0 spiro atoms. The molecule has 15 heavy (non-hydrogen) atoms. The van der Waals surface area contributed by atoms with Gasteiger partial charge in [-0.25, -0.2) is 4.79 Å². The van der Waals surface area contributed by atoms with Gasteiger partial charge < -0.3 is 9.47 Å². The fourth-order valence-corrected chi connectivity index (χ4v) is 1.12. The average Bonchev–Trinajstić information content (AvgIpc) is 3.08.